The Labute approximate surface area is 124 Å². The predicted molar refractivity (Wildman–Crippen MR) is 82.1 cm³/mol. The van der Waals surface area contributed by atoms with Gasteiger partial charge in [0.2, 0.25) is 6.79 Å². The van der Waals surface area contributed by atoms with E-state index in [0.717, 1.165) is 41.1 Å². The molecule has 0 radical (unpaired) electrons. The van der Waals surface area contributed by atoms with Crippen LogP contribution in [0.1, 0.15) is 20.3 Å². The van der Waals surface area contributed by atoms with Crippen LogP contribution >= 0.6 is 0 Å². The van der Waals surface area contributed by atoms with Gasteiger partial charge in [0.15, 0.2) is 11.5 Å². The van der Waals surface area contributed by atoms with E-state index in [1.165, 1.54) is 0 Å². The molecule has 0 saturated heterocycles. The molecule has 0 atom stereocenters. The van der Waals surface area contributed by atoms with Gasteiger partial charge in [0.25, 0.3) is 0 Å². The third kappa shape index (κ3) is 2.61. The van der Waals surface area contributed by atoms with Crippen molar-refractivity contribution in [3.8, 4) is 11.5 Å². The van der Waals surface area contributed by atoms with Crippen LogP contribution < -0.4 is 14.4 Å². The van der Waals surface area contributed by atoms with E-state index in [2.05, 4.69) is 23.7 Å². The molecule has 2 aromatic rings. The summed E-state index contributed by atoms with van der Waals surface area (Å²) in [5, 5.41) is 11.2. The van der Waals surface area contributed by atoms with E-state index in [1.54, 1.807) is 0 Å². The highest BCUT2D eigenvalue weighted by Crippen LogP contribution is 2.38. The molecular formula is C16H20N2O3. The van der Waals surface area contributed by atoms with Crippen molar-refractivity contribution in [3.63, 3.8) is 0 Å². The molecule has 112 valence electrons. The summed E-state index contributed by atoms with van der Waals surface area (Å²) >= 11 is 0. The Balaban J connectivity index is 2.08. The number of hydrogen-bond acceptors (Lipinski definition) is 5. The fraction of sp³-hybridized carbons (Fsp3) is 0.438. The summed E-state index contributed by atoms with van der Waals surface area (Å²) in [6.07, 6.45) is 2.54. The minimum absolute atomic E-state index is 0.181. The Morgan fingerprint density at radius 3 is 2.76 bits per heavy atom. The lowest BCUT2D eigenvalue weighted by Crippen LogP contribution is -2.33. The van der Waals surface area contributed by atoms with Crippen LogP contribution in [-0.4, -0.2) is 36.1 Å². The highest BCUT2D eigenvalue weighted by molar-refractivity contribution is 5.94. The minimum atomic E-state index is 0.181. The zero-order valence-electron chi connectivity index (χ0n) is 12.4. The topological polar surface area (TPSA) is 54.8 Å². The van der Waals surface area contributed by atoms with Gasteiger partial charge >= 0.3 is 0 Å². The van der Waals surface area contributed by atoms with Crippen molar-refractivity contribution in [2.24, 2.45) is 0 Å². The highest BCUT2D eigenvalue weighted by atomic mass is 16.7. The van der Waals surface area contributed by atoms with Gasteiger partial charge < -0.3 is 19.5 Å². The zero-order valence-corrected chi connectivity index (χ0v) is 12.4. The number of anilines is 1. The van der Waals surface area contributed by atoms with Gasteiger partial charge in [-0.3, -0.25) is 0 Å². The first-order chi connectivity index (χ1) is 10.2. The van der Waals surface area contributed by atoms with Crippen LogP contribution in [0.4, 0.5) is 5.82 Å². The Hall–Kier alpha value is -2.01. The number of hydrogen-bond donors (Lipinski definition) is 1. The van der Waals surface area contributed by atoms with Crippen LogP contribution in [0, 0.1) is 0 Å². The molecule has 0 saturated carbocycles. The molecule has 5 nitrogen and oxygen atoms in total. The first-order valence-electron chi connectivity index (χ1n) is 7.26. The maximum Gasteiger partial charge on any atom is 0.231 e. The highest BCUT2D eigenvalue weighted by Gasteiger charge is 2.19. The van der Waals surface area contributed by atoms with E-state index < -0.39 is 0 Å². The molecule has 0 bridgehead atoms. The molecule has 1 aromatic heterocycles. The summed E-state index contributed by atoms with van der Waals surface area (Å²) in [6.45, 7) is 5.48. The first kappa shape index (κ1) is 13.9. The van der Waals surface area contributed by atoms with Gasteiger partial charge in [0.05, 0.1) is 0 Å². The molecule has 0 fully saturated rings. The van der Waals surface area contributed by atoms with Crippen LogP contribution in [0.5, 0.6) is 11.5 Å². The lowest BCUT2D eigenvalue weighted by molar-refractivity contribution is 0.174. The molecule has 1 aliphatic heterocycles. The van der Waals surface area contributed by atoms with Crippen LogP contribution in [-0.2, 0) is 0 Å². The second-order valence-electron chi connectivity index (χ2n) is 5.43. The molecule has 0 amide bonds. The Morgan fingerprint density at radius 1 is 1.29 bits per heavy atom. The lowest BCUT2D eigenvalue weighted by Gasteiger charge is -2.28. The van der Waals surface area contributed by atoms with Crippen molar-refractivity contribution in [1.29, 1.82) is 0 Å². The summed E-state index contributed by atoms with van der Waals surface area (Å²) < 4.78 is 10.9. The van der Waals surface area contributed by atoms with Crippen molar-refractivity contribution in [2.45, 2.75) is 26.3 Å². The number of fused-ring (bicyclic) bond motifs is 2. The van der Waals surface area contributed by atoms with Crippen LogP contribution in [0.15, 0.2) is 24.4 Å². The molecule has 0 unspecified atom stereocenters. The summed E-state index contributed by atoms with van der Waals surface area (Å²) in [6, 6.07) is 6.27. The maximum atomic E-state index is 9.10. The minimum Gasteiger partial charge on any atom is -0.454 e. The van der Waals surface area contributed by atoms with Gasteiger partial charge in [-0.25, -0.2) is 4.98 Å². The van der Waals surface area contributed by atoms with E-state index in [1.807, 2.05) is 24.4 Å². The van der Waals surface area contributed by atoms with Gasteiger partial charge in [0.1, 0.15) is 5.82 Å². The molecule has 3 rings (SSSR count). The quantitative estimate of drug-likeness (QED) is 0.916. The second-order valence-corrected chi connectivity index (χ2v) is 5.43. The largest absolute Gasteiger partial charge is 0.454 e. The summed E-state index contributed by atoms with van der Waals surface area (Å²) in [7, 11) is 0. The number of benzene rings is 1. The van der Waals surface area contributed by atoms with Crippen molar-refractivity contribution < 1.29 is 14.6 Å². The van der Waals surface area contributed by atoms with E-state index in [0.29, 0.717) is 6.04 Å². The van der Waals surface area contributed by atoms with Crippen LogP contribution in [0.3, 0.4) is 0 Å². The summed E-state index contributed by atoms with van der Waals surface area (Å²) in [4.78, 5) is 6.76. The normalized spacial score (nSPS) is 13.1. The molecule has 1 N–H and O–H groups in total. The number of rotatable bonds is 5. The van der Waals surface area contributed by atoms with E-state index in [4.69, 9.17) is 14.6 Å². The van der Waals surface area contributed by atoms with E-state index in [-0.39, 0.29) is 13.4 Å². The molecule has 21 heavy (non-hydrogen) atoms. The van der Waals surface area contributed by atoms with Crippen molar-refractivity contribution in [3.05, 3.63) is 24.4 Å². The monoisotopic (exact) mass is 288 g/mol. The summed E-state index contributed by atoms with van der Waals surface area (Å²) in [5.74, 6) is 2.47. The predicted octanol–water partition coefficient (Wildman–Crippen LogP) is 2.56. The molecule has 5 heteroatoms. The SMILES string of the molecule is CC(C)N(CCCO)c1nccc2cc3c(cc12)OCO3. The number of aliphatic hydroxyl groups excluding tert-OH is 1. The average Bonchev–Trinajstić information content (AvgIpc) is 2.92. The van der Waals surface area contributed by atoms with Crippen molar-refractivity contribution in [2.75, 3.05) is 24.8 Å². The van der Waals surface area contributed by atoms with Crippen LogP contribution in [0.25, 0.3) is 10.8 Å². The molecular weight excluding hydrogens is 268 g/mol. The van der Waals surface area contributed by atoms with Crippen molar-refractivity contribution >= 4 is 16.6 Å². The number of aliphatic hydroxyl groups is 1. The summed E-state index contributed by atoms with van der Waals surface area (Å²) in [5.41, 5.74) is 0. The van der Waals surface area contributed by atoms with Gasteiger partial charge in [0, 0.05) is 30.8 Å². The Bertz CT molecular complexity index is 643. The van der Waals surface area contributed by atoms with Gasteiger partial charge in [-0.15, -0.1) is 0 Å². The number of aromatic nitrogens is 1. The molecule has 1 aliphatic rings. The molecule has 0 aliphatic carbocycles. The van der Waals surface area contributed by atoms with Crippen LogP contribution in [0.2, 0.25) is 0 Å². The number of ether oxygens (including phenoxy) is 2. The smallest absolute Gasteiger partial charge is 0.231 e. The molecule has 2 heterocycles. The van der Waals surface area contributed by atoms with Gasteiger partial charge in [-0.2, -0.15) is 0 Å². The lowest BCUT2D eigenvalue weighted by atomic mass is 10.1. The zero-order chi connectivity index (χ0) is 14.8. The molecule has 1 aromatic carbocycles. The van der Waals surface area contributed by atoms with Crippen molar-refractivity contribution in [1.82, 2.24) is 4.98 Å². The van der Waals surface area contributed by atoms with E-state index in [9.17, 15) is 0 Å². The first-order valence-corrected chi connectivity index (χ1v) is 7.26. The number of pyridine rings is 1. The maximum absolute atomic E-state index is 9.10. The van der Waals surface area contributed by atoms with E-state index >= 15 is 0 Å². The fourth-order valence-electron chi connectivity index (χ4n) is 2.63. The average molecular weight is 288 g/mol. The fourth-order valence-corrected chi connectivity index (χ4v) is 2.63. The third-order valence-corrected chi connectivity index (χ3v) is 3.69. The van der Waals surface area contributed by atoms with Gasteiger partial charge in [-0.05, 0) is 43.9 Å². The standard InChI is InChI=1S/C16H20N2O3/c1-11(2)18(6-3-7-19)16-13-9-15-14(20-10-21-15)8-12(13)4-5-17-16/h4-5,8-9,11,19H,3,6-7,10H2,1-2H3. The third-order valence-electron chi connectivity index (χ3n) is 3.69. The Morgan fingerprint density at radius 2 is 2.05 bits per heavy atom. The Kier molecular flexibility index (Phi) is 3.84. The van der Waals surface area contributed by atoms with Gasteiger partial charge in [-0.1, -0.05) is 0 Å². The second kappa shape index (κ2) is 5.77. The molecule has 0 spiro atoms. The number of nitrogens with zero attached hydrogens (tertiary/aromatic N) is 2.